The van der Waals surface area contributed by atoms with Crippen LogP contribution in [0.1, 0.15) is 38.6 Å². The fourth-order valence-electron chi connectivity index (χ4n) is 2.95. The second-order valence-corrected chi connectivity index (χ2v) is 8.22. The van der Waals surface area contributed by atoms with Crippen LogP contribution in [0.3, 0.4) is 0 Å². The number of aromatic nitrogens is 1. The topological polar surface area (TPSA) is 101 Å². The lowest BCUT2D eigenvalue weighted by Crippen LogP contribution is -2.45. The highest BCUT2D eigenvalue weighted by molar-refractivity contribution is 7.90. The van der Waals surface area contributed by atoms with Crippen molar-refractivity contribution in [1.29, 1.82) is 0 Å². The molecule has 2 aromatic rings. The van der Waals surface area contributed by atoms with E-state index in [9.17, 15) is 18.0 Å². The van der Waals surface area contributed by atoms with E-state index in [0.717, 1.165) is 6.26 Å². The van der Waals surface area contributed by atoms with Gasteiger partial charge in [-0.05, 0) is 44.5 Å². The molecule has 0 unspecified atom stereocenters. The van der Waals surface area contributed by atoms with Crippen molar-refractivity contribution in [3.05, 3.63) is 46.8 Å². The molecule has 0 aliphatic carbocycles. The van der Waals surface area contributed by atoms with Crippen LogP contribution in [-0.2, 0) is 9.84 Å². The summed E-state index contributed by atoms with van der Waals surface area (Å²) in [7, 11) is -3.33. The standard InChI is InChI=1S/C17H19N3O5S/c1-11-15(12(2)25-18-11)17(22)20-10-4-9-19(20)16(21)13-5-7-14(8-6-13)26(3,23)24/h5-8H,4,9-10H2,1-3H3. The summed E-state index contributed by atoms with van der Waals surface area (Å²) in [5.74, 6) is -0.285. The fraction of sp³-hybridized carbons (Fsp3) is 0.353. The summed E-state index contributed by atoms with van der Waals surface area (Å²) < 4.78 is 28.1. The van der Waals surface area contributed by atoms with Crippen LogP contribution in [0.15, 0.2) is 33.7 Å². The maximum Gasteiger partial charge on any atom is 0.277 e. The molecule has 0 radical (unpaired) electrons. The van der Waals surface area contributed by atoms with Crippen molar-refractivity contribution in [3.8, 4) is 0 Å². The Labute approximate surface area is 151 Å². The van der Waals surface area contributed by atoms with Gasteiger partial charge in [-0.15, -0.1) is 0 Å². The van der Waals surface area contributed by atoms with E-state index < -0.39 is 9.84 Å². The quantitative estimate of drug-likeness (QED) is 0.805. The number of nitrogens with zero attached hydrogens (tertiary/aromatic N) is 3. The molecular weight excluding hydrogens is 358 g/mol. The predicted molar refractivity (Wildman–Crippen MR) is 92.2 cm³/mol. The van der Waals surface area contributed by atoms with Gasteiger partial charge in [0.15, 0.2) is 9.84 Å². The zero-order valence-electron chi connectivity index (χ0n) is 14.7. The molecule has 1 aliphatic heterocycles. The summed E-state index contributed by atoms with van der Waals surface area (Å²) in [5, 5.41) is 6.55. The number of carbonyl (C=O) groups is 2. The Bertz CT molecular complexity index is 943. The molecule has 2 heterocycles. The maximum atomic E-state index is 12.8. The number of hydrogen-bond acceptors (Lipinski definition) is 6. The zero-order valence-corrected chi connectivity index (χ0v) is 15.5. The van der Waals surface area contributed by atoms with E-state index >= 15 is 0 Å². The molecule has 0 atom stereocenters. The first-order valence-corrected chi connectivity index (χ1v) is 9.96. The molecule has 0 spiro atoms. The number of amides is 2. The van der Waals surface area contributed by atoms with E-state index in [-0.39, 0.29) is 16.7 Å². The highest BCUT2D eigenvalue weighted by atomic mass is 32.2. The molecule has 1 aliphatic rings. The van der Waals surface area contributed by atoms with Crippen molar-refractivity contribution >= 4 is 21.7 Å². The highest BCUT2D eigenvalue weighted by Crippen LogP contribution is 2.22. The number of aryl methyl sites for hydroxylation is 2. The SMILES string of the molecule is Cc1noc(C)c1C(=O)N1CCCN1C(=O)c1ccc(S(C)(=O)=O)cc1. The number of benzene rings is 1. The normalized spacial score (nSPS) is 14.7. The Morgan fingerprint density at radius 3 is 2.12 bits per heavy atom. The third-order valence-corrected chi connectivity index (χ3v) is 5.41. The average Bonchev–Trinajstić information content (AvgIpc) is 3.20. The number of rotatable bonds is 3. The van der Waals surface area contributed by atoms with Gasteiger partial charge in [-0.3, -0.25) is 9.59 Å². The van der Waals surface area contributed by atoms with Gasteiger partial charge < -0.3 is 4.52 Å². The molecule has 1 aromatic carbocycles. The smallest absolute Gasteiger partial charge is 0.277 e. The van der Waals surface area contributed by atoms with Crippen molar-refractivity contribution in [3.63, 3.8) is 0 Å². The summed E-state index contributed by atoms with van der Waals surface area (Å²) in [4.78, 5) is 25.8. The van der Waals surface area contributed by atoms with Crippen molar-refractivity contribution in [1.82, 2.24) is 15.2 Å². The molecule has 2 amide bonds. The summed E-state index contributed by atoms with van der Waals surface area (Å²) in [6.07, 6.45) is 1.76. The van der Waals surface area contributed by atoms with E-state index in [1.807, 2.05) is 0 Å². The van der Waals surface area contributed by atoms with Gasteiger partial charge in [0.2, 0.25) is 0 Å². The maximum absolute atomic E-state index is 12.8. The van der Waals surface area contributed by atoms with Gasteiger partial charge in [-0.2, -0.15) is 0 Å². The first-order chi connectivity index (χ1) is 12.2. The number of hydrazine groups is 1. The molecule has 9 heteroatoms. The summed E-state index contributed by atoms with van der Waals surface area (Å²) in [5.41, 5.74) is 1.15. The highest BCUT2D eigenvalue weighted by Gasteiger charge is 2.34. The lowest BCUT2D eigenvalue weighted by Gasteiger charge is -2.27. The zero-order chi connectivity index (χ0) is 19.1. The molecule has 8 nitrogen and oxygen atoms in total. The molecule has 0 N–H and O–H groups in total. The van der Waals surface area contributed by atoms with Crippen molar-refractivity contribution in [2.45, 2.75) is 25.2 Å². The number of sulfone groups is 1. The molecule has 1 aromatic heterocycles. The first-order valence-electron chi connectivity index (χ1n) is 8.07. The predicted octanol–water partition coefficient (Wildman–Crippen LogP) is 1.60. The average molecular weight is 377 g/mol. The third kappa shape index (κ3) is 3.22. The van der Waals surface area contributed by atoms with Gasteiger partial charge >= 0.3 is 0 Å². The van der Waals surface area contributed by atoms with Gasteiger partial charge in [-0.1, -0.05) is 5.16 Å². The third-order valence-electron chi connectivity index (χ3n) is 4.28. The molecule has 1 fully saturated rings. The first kappa shape index (κ1) is 18.1. The van der Waals surface area contributed by atoms with Crippen LogP contribution >= 0.6 is 0 Å². The van der Waals surface area contributed by atoms with Gasteiger partial charge in [0.25, 0.3) is 11.8 Å². The van der Waals surface area contributed by atoms with Gasteiger partial charge in [0.05, 0.1) is 10.6 Å². The van der Waals surface area contributed by atoms with Crippen LogP contribution in [-0.4, -0.2) is 54.8 Å². The minimum absolute atomic E-state index is 0.138. The Morgan fingerprint density at radius 2 is 1.62 bits per heavy atom. The Morgan fingerprint density at radius 1 is 1.04 bits per heavy atom. The molecule has 0 saturated carbocycles. The molecule has 3 rings (SSSR count). The van der Waals surface area contributed by atoms with Crippen LogP contribution in [0, 0.1) is 13.8 Å². The second-order valence-electron chi connectivity index (χ2n) is 6.21. The van der Waals surface area contributed by atoms with Crippen molar-refractivity contribution in [2.24, 2.45) is 0 Å². The van der Waals surface area contributed by atoms with E-state index in [0.29, 0.717) is 42.1 Å². The molecular formula is C17H19N3O5S. The van der Waals surface area contributed by atoms with E-state index in [1.165, 1.54) is 34.3 Å². The fourth-order valence-corrected chi connectivity index (χ4v) is 3.58. The molecule has 26 heavy (non-hydrogen) atoms. The van der Waals surface area contributed by atoms with Crippen LogP contribution in [0.25, 0.3) is 0 Å². The lowest BCUT2D eigenvalue weighted by atomic mass is 10.2. The molecule has 0 bridgehead atoms. The van der Waals surface area contributed by atoms with Gasteiger partial charge in [-0.25, -0.2) is 18.4 Å². The summed E-state index contributed by atoms with van der Waals surface area (Å²) >= 11 is 0. The van der Waals surface area contributed by atoms with E-state index in [4.69, 9.17) is 4.52 Å². The minimum Gasteiger partial charge on any atom is -0.361 e. The Balaban J connectivity index is 1.86. The lowest BCUT2D eigenvalue weighted by molar-refractivity contribution is 0.0184. The van der Waals surface area contributed by atoms with E-state index in [2.05, 4.69) is 5.16 Å². The van der Waals surface area contributed by atoms with Gasteiger partial charge in [0, 0.05) is 24.9 Å². The van der Waals surface area contributed by atoms with Crippen molar-refractivity contribution < 1.29 is 22.5 Å². The van der Waals surface area contributed by atoms with Crippen LogP contribution in [0.5, 0.6) is 0 Å². The Kier molecular flexibility index (Phi) is 4.57. The monoisotopic (exact) mass is 377 g/mol. The van der Waals surface area contributed by atoms with Crippen LogP contribution in [0.4, 0.5) is 0 Å². The van der Waals surface area contributed by atoms with Crippen molar-refractivity contribution in [2.75, 3.05) is 19.3 Å². The van der Waals surface area contributed by atoms with Gasteiger partial charge in [0.1, 0.15) is 11.3 Å². The van der Waals surface area contributed by atoms with Crippen LogP contribution < -0.4 is 0 Å². The molecule has 138 valence electrons. The van der Waals surface area contributed by atoms with Crippen LogP contribution in [0.2, 0.25) is 0 Å². The minimum atomic E-state index is -3.33. The summed E-state index contributed by atoms with van der Waals surface area (Å²) in [6.45, 7) is 4.15. The largest absolute Gasteiger partial charge is 0.361 e. The van der Waals surface area contributed by atoms with E-state index in [1.54, 1.807) is 13.8 Å². The number of carbonyl (C=O) groups excluding carboxylic acids is 2. The Hall–Kier alpha value is -2.68. The second kappa shape index (κ2) is 6.56. The summed E-state index contributed by atoms with van der Waals surface area (Å²) in [6, 6.07) is 5.68. The molecule has 1 saturated heterocycles. The number of hydrogen-bond donors (Lipinski definition) is 0.